The van der Waals surface area contributed by atoms with Crippen molar-refractivity contribution in [2.45, 2.75) is 39.7 Å². The van der Waals surface area contributed by atoms with Crippen molar-refractivity contribution in [1.29, 1.82) is 0 Å². The van der Waals surface area contributed by atoms with Crippen molar-refractivity contribution in [3.63, 3.8) is 0 Å². The second-order valence-electron chi connectivity index (χ2n) is 4.82. The molecule has 1 atom stereocenters. The van der Waals surface area contributed by atoms with Gasteiger partial charge in [0, 0.05) is 5.56 Å². The summed E-state index contributed by atoms with van der Waals surface area (Å²) in [6.07, 6.45) is 2.15. The zero-order chi connectivity index (χ0) is 15.1. The highest BCUT2D eigenvalue weighted by Gasteiger charge is 2.15. The van der Waals surface area contributed by atoms with E-state index < -0.39 is 0 Å². The van der Waals surface area contributed by atoms with Gasteiger partial charge in [-0.3, -0.25) is 0 Å². The average Bonchev–Trinajstić information content (AvgIpc) is 2.99. The predicted octanol–water partition coefficient (Wildman–Crippen LogP) is 4.05. The van der Waals surface area contributed by atoms with Crippen molar-refractivity contribution in [3.05, 3.63) is 29.3 Å². The summed E-state index contributed by atoms with van der Waals surface area (Å²) in [6.45, 7) is 8.02. The first kappa shape index (κ1) is 15.9. The molecule has 1 N–H and O–H groups in total. The smallest absolute Gasteiger partial charge is 0.147 e. The summed E-state index contributed by atoms with van der Waals surface area (Å²) in [7, 11) is 0. The Kier molecular flexibility index (Phi) is 6.14. The van der Waals surface area contributed by atoms with Crippen molar-refractivity contribution in [1.82, 2.24) is 15.5 Å². The third-order valence-electron chi connectivity index (χ3n) is 3.20. The van der Waals surface area contributed by atoms with Gasteiger partial charge in [0.05, 0.1) is 12.6 Å². The molecule has 2 rings (SSSR count). The van der Waals surface area contributed by atoms with Crippen molar-refractivity contribution in [2.75, 3.05) is 13.2 Å². The van der Waals surface area contributed by atoms with E-state index in [1.807, 2.05) is 31.2 Å². The Labute approximate surface area is 130 Å². The average molecular weight is 305 g/mol. The molecular formula is C16H23N3OS. The van der Waals surface area contributed by atoms with Gasteiger partial charge in [0.1, 0.15) is 15.8 Å². The molecular weight excluding hydrogens is 282 g/mol. The Bertz CT molecular complexity index is 539. The van der Waals surface area contributed by atoms with Gasteiger partial charge >= 0.3 is 0 Å². The number of benzene rings is 1. The zero-order valence-corrected chi connectivity index (χ0v) is 13.7. The highest BCUT2D eigenvalue weighted by molar-refractivity contribution is 7.14. The van der Waals surface area contributed by atoms with Crippen LogP contribution in [-0.4, -0.2) is 23.3 Å². The zero-order valence-electron chi connectivity index (χ0n) is 12.9. The van der Waals surface area contributed by atoms with Crippen LogP contribution in [0.4, 0.5) is 0 Å². The summed E-state index contributed by atoms with van der Waals surface area (Å²) in [4.78, 5) is 0. The second kappa shape index (κ2) is 8.10. The lowest BCUT2D eigenvalue weighted by molar-refractivity contribution is 0.340. The first-order chi connectivity index (χ1) is 10.3. The molecule has 1 unspecified atom stereocenters. The van der Waals surface area contributed by atoms with Crippen LogP contribution in [0.25, 0.3) is 10.6 Å². The lowest BCUT2D eigenvalue weighted by Gasteiger charge is -2.12. The van der Waals surface area contributed by atoms with Gasteiger partial charge in [0.15, 0.2) is 0 Å². The number of hydrogen-bond donors (Lipinski definition) is 1. The molecule has 5 heteroatoms. The summed E-state index contributed by atoms with van der Waals surface area (Å²) in [5.74, 6) is 0.891. The minimum Gasteiger partial charge on any atom is -0.494 e. The second-order valence-corrected chi connectivity index (χ2v) is 5.83. The van der Waals surface area contributed by atoms with E-state index >= 15 is 0 Å². The van der Waals surface area contributed by atoms with Gasteiger partial charge in [0.2, 0.25) is 0 Å². The topological polar surface area (TPSA) is 47.0 Å². The van der Waals surface area contributed by atoms with Crippen LogP contribution in [-0.2, 0) is 0 Å². The molecule has 0 saturated carbocycles. The first-order valence-corrected chi connectivity index (χ1v) is 8.40. The van der Waals surface area contributed by atoms with Gasteiger partial charge in [-0.1, -0.05) is 25.2 Å². The molecule has 2 aromatic rings. The van der Waals surface area contributed by atoms with Crippen LogP contribution in [0.3, 0.4) is 0 Å². The van der Waals surface area contributed by atoms with E-state index in [2.05, 4.69) is 29.4 Å². The Morgan fingerprint density at radius 1 is 1.14 bits per heavy atom. The molecule has 21 heavy (non-hydrogen) atoms. The molecule has 0 aliphatic carbocycles. The summed E-state index contributed by atoms with van der Waals surface area (Å²) in [5.41, 5.74) is 1.09. The van der Waals surface area contributed by atoms with E-state index in [9.17, 15) is 0 Å². The number of nitrogens with zero attached hydrogens (tertiary/aromatic N) is 2. The Morgan fingerprint density at radius 2 is 1.90 bits per heavy atom. The maximum atomic E-state index is 5.46. The molecule has 0 bridgehead atoms. The van der Waals surface area contributed by atoms with Gasteiger partial charge in [-0.25, -0.2) is 0 Å². The molecule has 0 aliphatic heterocycles. The summed E-state index contributed by atoms with van der Waals surface area (Å²) in [6, 6.07) is 8.34. The largest absolute Gasteiger partial charge is 0.494 e. The van der Waals surface area contributed by atoms with Crippen molar-refractivity contribution < 1.29 is 4.74 Å². The molecule has 4 nitrogen and oxygen atoms in total. The van der Waals surface area contributed by atoms with Gasteiger partial charge < -0.3 is 10.1 Å². The quantitative estimate of drug-likeness (QED) is 0.799. The Morgan fingerprint density at radius 3 is 2.52 bits per heavy atom. The normalized spacial score (nSPS) is 12.3. The van der Waals surface area contributed by atoms with E-state index in [4.69, 9.17) is 4.74 Å². The van der Waals surface area contributed by atoms with E-state index in [0.29, 0.717) is 12.6 Å². The Hall–Kier alpha value is -1.46. The van der Waals surface area contributed by atoms with Crippen LogP contribution < -0.4 is 10.1 Å². The maximum absolute atomic E-state index is 5.46. The van der Waals surface area contributed by atoms with Crippen molar-refractivity contribution in [3.8, 4) is 16.3 Å². The van der Waals surface area contributed by atoms with E-state index in [0.717, 1.165) is 40.7 Å². The van der Waals surface area contributed by atoms with E-state index in [1.165, 1.54) is 0 Å². The first-order valence-electron chi connectivity index (χ1n) is 7.58. The highest BCUT2D eigenvalue weighted by Crippen LogP contribution is 2.29. The van der Waals surface area contributed by atoms with Gasteiger partial charge in [-0.05, 0) is 50.6 Å². The van der Waals surface area contributed by atoms with Crippen LogP contribution in [0.15, 0.2) is 24.3 Å². The minimum absolute atomic E-state index is 0.305. The maximum Gasteiger partial charge on any atom is 0.147 e. The van der Waals surface area contributed by atoms with Crippen LogP contribution in [0.1, 0.15) is 44.7 Å². The number of hydrogen-bond acceptors (Lipinski definition) is 5. The summed E-state index contributed by atoms with van der Waals surface area (Å²) < 4.78 is 5.46. The summed E-state index contributed by atoms with van der Waals surface area (Å²) >= 11 is 1.66. The molecule has 0 radical (unpaired) electrons. The molecule has 0 aliphatic rings. The van der Waals surface area contributed by atoms with Gasteiger partial charge in [0.25, 0.3) is 0 Å². The van der Waals surface area contributed by atoms with E-state index in [-0.39, 0.29) is 0 Å². The number of nitrogens with one attached hydrogen (secondary N) is 1. The lowest BCUT2D eigenvalue weighted by Crippen LogP contribution is -2.21. The molecule has 1 aromatic carbocycles. The van der Waals surface area contributed by atoms with Crippen molar-refractivity contribution >= 4 is 11.3 Å². The number of aromatic nitrogens is 2. The molecule has 1 heterocycles. The summed E-state index contributed by atoms with van der Waals surface area (Å²) in [5, 5.41) is 14.2. The third-order valence-corrected chi connectivity index (χ3v) is 4.29. The van der Waals surface area contributed by atoms with Crippen LogP contribution in [0.2, 0.25) is 0 Å². The monoisotopic (exact) mass is 305 g/mol. The molecule has 0 saturated heterocycles. The standard InChI is InChI=1S/C16H23N3OS/c1-4-11-17-14(5-2)16-19-18-15(21-16)12-7-9-13(10-8-12)20-6-3/h7-10,14,17H,4-6,11H2,1-3H3. The van der Waals surface area contributed by atoms with Crippen LogP contribution in [0, 0.1) is 0 Å². The molecule has 0 amide bonds. The predicted molar refractivity (Wildman–Crippen MR) is 87.8 cm³/mol. The SMILES string of the molecule is CCCNC(CC)c1nnc(-c2ccc(OCC)cc2)s1. The van der Waals surface area contributed by atoms with Crippen LogP contribution in [0.5, 0.6) is 5.75 Å². The fourth-order valence-electron chi connectivity index (χ4n) is 2.08. The number of ether oxygens (including phenoxy) is 1. The third kappa shape index (κ3) is 4.25. The van der Waals surface area contributed by atoms with Gasteiger partial charge in [-0.2, -0.15) is 0 Å². The molecule has 0 spiro atoms. The van der Waals surface area contributed by atoms with Crippen LogP contribution >= 0.6 is 11.3 Å². The lowest BCUT2D eigenvalue weighted by atomic mass is 10.2. The fraction of sp³-hybridized carbons (Fsp3) is 0.500. The minimum atomic E-state index is 0.305. The molecule has 1 aromatic heterocycles. The molecule has 114 valence electrons. The fourth-order valence-corrected chi connectivity index (χ4v) is 3.08. The van der Waals surface area contributed by atoms with Crippen molar-refractivity contribution in [2.24, 2.45) is 0 Å². The number of rotatable bonds is 8. The van der Waals surface area contributed by atoms with E-state index in [1.54, 1.807) is 11.3 Å². The Balaban J connectivity index is 2.11. The van der Waals surface area contributed by atoms with Gasteiger partial charge in [-0.15, -0.1) is 10.2 Å². The molecule has 0 fully saturated rings. The highest BCUT2D eigenvalue weighted by atomic mass is 32.1.